The molecule has 5 heteroatoms. The lowest BCUT2D eigenvalue weighted by molar-refractivity contribution is -0.886. The van der Waals surface area contributed by atoms with Crippen LogP contribution in [0.15, 0.2) is 18.2 Å². The van der Waals surface area contributed by atoms with Crippen molar-refractivity contribution in [2.24, 2.45) is 0 Å². The Hall–Kier alpha value is -1.88. The van der Waals surface area contributed by atoms with Crippen molar-refractivity contribution in [3.63, 3.8) is 0 Å². The second-order valence-electron chi connectivity index (χ2n) is 7.91. The highest BCUT2D eigenvalue weighted by Gasteiger charge is 2.35. The van der Waals surface area contributed by atoms with Gasteiger partial charge in [-0.05, 0) is 71.1 Å². The summed E-state index contributed by atoms with van der Waals surface area (Å²) in [6, 6.07) is 6.23. The van der Waals surface area contributed by atoms with Gasteiger partial charge in [-0.3, -0.25) is 9.59 Å². The summed E-state index contributed by atoms with van der Waals surface area (Å²) in [6.07, 6.45) is 3.31. The monoisotopic (exact) mass is 360 g/mol. The largest absolute Gasteiger partial charge is 0.332 e. The molecule has 2 N–H and O–H groups in total. The second-order valence-corrected chi connectivity index (χ2v) is 7.91. The van der Waals surface area contributed by atoms with Gasteiger partial charge in [0.1, 0.15) is 0 Å². The fourth-order valence-electron chi connectivity index (χ4n) is 3.78. The summed E-state index contributed by atoms with van der Waals surface area (Å²) in [5, 5.41) is 2.99. The van der Waals surface area contributed by atoms with Crippen LogP contribution >= 0.6 is 0 Å². The fraction of sp³-hybridized carbons (Fsp3) is 0.619. The van der Waals surface area contributed by atoms with Crippen LogP contribution in [0, 0.1) is 13.8 Å². The Balaban J connectivity index is 1.97. The quantitative estimate of drug-likeness (QED) is 0.843. The zero-order valence-corrected chi connectivity index (χ0v) is 17.1. The summed E-state index contributed by atoms with van der Waals surface area (Å²) in [5.74, 6) is 0.0947. The molecule has 0 bridgehead atoms. The topological polar surface area (TPSA) is 53.9 Å². The van der Waals surface area contributed by atoms with E-state index in [4.69, 9.17) is 0 Å². The number of aryl methyl sites for hydroxylation is 1. The fourth-order valence-corrected chi connectivity index (χ4v) is 3.78. The van der Waals surface area contributed by atoms with Gasteiger partial charge in [-0.1, -0.05) is 12.1 Å². The van der Waals surface area contributed by atoms with E-state index in [1.807, 2.05) is 50.9 Å². The van der Waals surface area contributed by atoms with Crippen LogP contribution in [0.3, 0.4) is 0 Å². The van der Waals surface area contributed by atoms with E-state index in [9.17, 15) is 9.59 Å². The van der Waals surface area contributed by atoms with E-state index >= 15 is 0 Å². The smallest absolute Gasteiger partial charge is 0.281 e. The van der Waals surface area contributed by atoms with Gasteiger partial charge < -0.3 is 15.1 Å². The summed E-state index contributed by atoms with van der Waals surface area (Å²) in [7, 11) is 1.92. The molecule has 0 aliphatic carbocycles. The summed E-state index contributed by atoms with van der Waals surface area (Å²) in [5.41, 5.74) is 3.08. The van der Waals surface area contributed by atoms with E-state index < -0.39 is 0 Å². The van der Waals surface area contributed by atoms with Crippen LogP contribution in [0.25, 0.3) is 0 Å². The van der Waals surface area contributed by atoms with Crippen LogP contribution in [-0.4, -0.2) is 48.4 Å². The van der Waals surface area contributed by atoms with Crippen molar-refractivity contribution < 1.29 is 14.5 Å². The van der Waals surface area contributed by atoms with E-state index in [0.29, 0.717) is 0 Å². The maximum atomic E-state index is 13.0. The average molecular weight is 361 g/mol. The summed E-state index contributed by atoms with van der Waals surface area (Å²) >= 11 is 0. The molecule has 144 valence electrons. The van der Waals surface area contributed by atoms with E-state index in [2.05, 4.69) is 19.2 Å². The van der Waals surface area contributed by atoms with Crippen molar-refractivity contribution in [1.82, 2.24) is 4.90 Å². The summed E-state index contributed by atoms with van der Waals surface area (Å²) in [6.45, 7) is 10.5. The van der Waals surface area contributed by atoms with Gasteiger partial charge in [0.15, 0.2) is 12.6 Å². The third-order valence-electron chi connectivity index (χ3n) is 5.88. The molecule has 5 nitrogen and oxygen atoms in total. The van der Waals surface area contributed by atoms with Crippen LogP contribution in [0.1, 0.15) is 51.2 Å². The highest BCUT2D eigenvalue weighted by molar-refractivity contribution is 5.92. The lowest BCUT2D eigenvalue weighted by Gasteiger charge is -2.40. The van der Waals surface area contributed by atoms with E-state index in [1.54, 1.807) is 0 Å². The number of anilines is 1. The first-order valence-electron chi connectivity index (χ1n) is 9.73. The maximum absolute atomic E-state index is 13.0. The van der Waals surface area contributed by atoms with Gasteiger partial charge in [-0.2, -0.15) is 0 Å². The number of piperidine rings is 1. The first-order valence-corrected chi connectivity index (χ1v) is 9.73. The molecule has 1 aromatic rings. The number of benzene rings is 1. The maximum Gasteiger partial charge on any atom is 0.281 e. The number of quaternary nitrogens is 1. The van der Waals surface area contributed by atoms with Crippen molar-refractivity contribution in [3.8, 4) is 0 Å². The molecule has 0 spiro atoms. The molecule has 1 fully saturated rings. The summed E-state index contributed by atoms with van der Waals surface area (Å²) < 4.78 is 0. The Kier molecular flexibility index (Phi) is 6.81. The number of likely N-dealkylation sites (N-methyl/N-ethyl adjacent to an activating group) is 1. The van der Waals surface area contributed by atoms with Gasteiger partial charge in [0, 0.05) is 17.8 Å². The molecule has 1 aliphatic rings. The van der Waals surface area contributed by atoms with Gasteiger partial charge in [0.2, 0.25) is 0 Å². The molecule has 4 atom stereocenters. The Labute approximate surface area is 157 Å². The van der Waals surface area contributed by atoms with E-state index in [-0.39, 0.29) is 36.5 Å². The Morgan fingerprint density at radius 1 is 1.23 bits per heavy atom. The third kappa shape index (κ3) is 4.64. The molecule has 1 aromatic carbocycles. The van der Waals surface area contributed by atoms with Crippen LogP contribution in [0.2, 0.25) is 0 Å². The van der Waals surface area contributed by atoms with Crippen LogP contribution in [0.5, 0.6) is 0 Å². The molecule has 0 aromatic heterocycles. The van der Waals surface area contributed by atoms with Gasteiger partial charge in [0.25, 0.3) is 11.8 Å². The minimum atomic E-state index is -0.234. The highest BCUT2D eigenvalue weighted by Crippen LogP contribution is 2.23. The standard InChI is InChI=1S/C21H33N3O2/c1-14-9-7-12-19(17(14)4)22-20(25)13-23(6)18(5)21(26)24-15(2)10-8-11-16(24)3/h7,9,12,15-16,18H,8,10-11,13H2,1-6H3,(H,22,25)/p+1/t15-,16+,18-/m1/s1. The Morgan fingerprint density at radius 3 is 2.46 bits per heavy atom. The first-order chi connectivity index (χ1) is 12.2. The molecule has 26 heavy (non-hydrogen) atoms. The number of amides is 2. The number of nitrogens with zero attached hydrogens (tertiary/aromatic N) is 1. The van der Waals surface area contributed by atoms with Gasteiger partial charge in [0.05, 0.1) is 7.05 Å². The number of hydrogen-bond donors (Lipinski definition) is 2. The van der Waals surface area contributed by atoms with Gasteiger partial charge >= 0.3 is 0 Å². The number of nitrogens with one attached hydrogen (secondary N) is 2. The number of hydrogen-bond acceptors (Lipinski definition) is 2. The predicted molar refractivity (Wildman–Crippen MR) is 105 cm³/mol. The lowest BCUT2D eigenvalue weighted by atomic mass is 9.96. The minimum Gasteiger partial charge on any atom is -0.332 e. The predicted octanol–water partition coefficient (Wildman–Crippen LogP) is 1.93. The van der Waals surface area contributed by atoms with Crippen molar-refractivity contribution >= 4 is 17.5 Å². The summed E-state index contributed by atoms with van der Waals surface area (Å²) in [4.78, 5) is 28.4. The zero-order chi connectivity index (χ0) is 19.4. The molecule has 1 saturated heterocycles. The minimum absolute atomic E-state index is 0.0596. The molecule has 0 radical (unpaired) electrons. The molecular weight excluding hydrogens is 326 g/mol. The highest BCUT2D eigenvalue weighted by atomic mass is 16.2. The second kappa shape index (κ2) is 8.67. The normalized spacial score (nSPS) is 22.6. The SMILES string of the molecule is Cc1cccc(NC(=O)C[NH+](C)[C@H](C)C(=O)N2[C@H](C)CCC[C@@H]2C)c1C. The zero-order valence-electron chi connectivity index (χ0n) is 17.1. The Morgan fingerprint density at radius 2 is 1.85 bits per heavy atom. The Bertz CT molecular complexity index is 649. The van der Waals surface area contributed by atoms with E-state index in [0.717, 1.165) is 34.6 Å². The number of likely N-dealkylation sites (tertiary alicyclic amines) is 1. The molecule has 1 heterocycles. The molecule has 2 rings (SSSR count). The number of rotatable bonds is 5. The lowest BCUT2D eigenvalue weighted by Crippen LogP contribution is -3.15. The van der Waals surface area contributed by atoms with E-state index in [1.165, 1.54) is 6.42 Å². The molecule has 0 saturated carbocycles. The van der Waals surface area contributed by atoms with Crippen molar-refractivity contribution in [2.75, 3.05) is 18.9 Å². The third-order valence-corrected chi connectivity index (χ3v) is 5.88. The van der Waals surface area contributed by atoms with Crippen molar-refractivity contribution in [3.05, 3.63) is 29.3 Å². The molecular formula is C21H34N3O2+. The number of carbonyl (C=O) groups excluding carboxylic acids is 2. The van der Waals surface area contributed by atoms with Crippen molar-refractivity contribution in [1.29, 1.82) is 0 Å². The first kappa shape index (κ1) is 20.4. The van der Waals surface area contributed by atoms with Crippen LogP contribution in [-0.2, 0) is 9.59 Å². The van der Waals surface area contributed by atoms with Crippen molar-refractivity contribution in [2.45, 2.75) is 72.0 Å². The molecule has 2 amide bonds. The van der Waals surface area contributed by atoms with Gasteiger partial charge in [-0.15, -0.1) is 0 Å². The molecule has 1 aliphatic heterocycles. The number of carbonyl (C=O) groups is 2. The molecule has 1 unspecified atom stereocenters. The average Bonchev–Trinajstić information content (AvgIpc) is 2.57. The van der Waals surface area contributed by atoms with Crippen LogP contribution in [0.4, 0.5) is 5.69 Å². The van der Waals surface area contributed by atoms with Gasteiger partial charge in [-0.25, -0.2) is 0 Å². The van der Waals surface area contributed by atoms with Crippen LogP contribution < -0.4 is 10.2 Å².